The molecule has 0 amide bonds. The maximum absolute atomic E-state index is 2.38. The fraction of sp³-hybridized carbons (Fsp3) is 0.700. The lowest BCUT2D eigenvalue weighted by Crippen LogP contribution is -1.75. The van der Waals surface area contributed by atoms with E-state index in [0.29, 0.717) is 0 Å². The molecular weight excluding hydrogens is 152 g/mol. The quantitative estimate of drug-likeness (QED) is 0.434. The van der Waals surface area contributed by atoms with E-state index in [0.717, 1.165) is 5.92 Å². The lowest BCUT2D eigenvalue weighted by atomic mass is 10.2. The molecule has 0 aliphatic heterocycles. The molecule has 1 rings (SSSR count). The minimum absolute atomic E-state index is 0.937. The summed E-state index contributed by atoms with van der Waals surface area (Å²) in [4.78, 5) is 0. The average Bonchev–Trinajstić information content (AvgIpc) is 2.80. The van der Waals surface area contributed by atoms with Crippen LogP contribution in [0, 0.1) is 12.3 Å². The van der Waals surface area contributed by atoms with E-state index < -0.39 is 0 Å². The van der Waals surface area contributed by atoms with Crippen LogP contribution < -0.4 is 0 Å². The SMILES string of the molecule is CSCCCC=CCC1[CH]C1. The molecule has 0 aromatic rings. The summed E-state index contributed by atoms with van der Waals surface area (Å²) in [6.07, 6.45) is 14.5. The number of thioether (sulfide) groups is 1. The number of unbranched alkanes of at least 4 members (excludes halogenated alkanes) is 1. The molecule has 0 spiro atoms. The Hall–Kier alpha value is 0.0900. The summed E-state index contributed by atoms with van der Waals surface area (Å²) < 4.78 is 0. The summed E-state index contributed by atoms with van der Waals surface area (Å²) >= 11 is 1.94. The molecule has 1 heteroatoms. The zero-order valence-corrected chi connectivity index (χ0v) is 8.07. The molecule has 0 aromatic heterocycles. The molecule has 0 saturated heterocycles. The first-order valence-corrected chi connectivity index (χ1v) is 5.80. The van der Waals surface area contributed by atoms with Crippen LogP contribution in [-0.2, 0) is 0 Å². The molecule has 1 aliphatic carbocycles. The molecule has 11 heavy (non-hydrogen) atoms. The van der Waals surface area contributed by atoms with E-state index >= 15 is 0 Å². The Kier molecular flexibility index (Phi) is 4.76. The fourth-order valence-electron chi connectivity index (χ4n) is 1.02. The van der Waals surface area contributed by atoms with Crippen molar-refractivity contribution in [1.82, 2.24) is 0 Å². The van der Waals surface area contributed by atoms with Crippen LogP contribution in [0.5, 0.6) is 0 Å². The molecule has 0 bridgehead atoms. The summed E-state index contributed by atoms with van der Waals surface area (Å²) in [7, 11) is 0. The van der Waals surface area contributed by atoms with Gasteiger partial charge < -0.3 is 0 Å². The van der Waals surface area contributed by atoms with Crippen LogP contribution in [-0.4, -0.2) is 12.0 Å². The van der Waals surface area contributed by atoms with Crippen LogP contribution in [0.25, 0.3) is 0 Å². The lowest BCUT2D eigenvalue weighted by molar-refractivity contribution is 0.879. The van der Waals surface area contributed by atoms with E-state index in [1.807, 2.05) is 11.8 Å². The fourth-order valence-corrected chi connectivity index (χ4v) is 1.48. The predicted octanol–water partition coefficient (Wildman–Crippen LogP) is 3.30. The van der Waals surface area contributed by atoms with Crippen molar-refractivity contribution in [2.45, 2.75) is 25.7 Å². The number of allylic oxidation sites excluding steroid dienone is 2. The highest BCUT2D eigenvalue weighted by atomic mass is 32.2. The van der Waals surface area contributed by atoms with Crippen molar-refractivity contribution in [3.8, 4) is 0 Å². The molecule has 1 atom stereocenters. The van der Waals surface area contributed by atoms with Gasteiger partial charge in [-0.3, -0.25) is 0 Å². The van der Waals surface area contributed by atoms with Crippen LogP contribution in [0.1, 0.15) is 25.7 Å². The monoisotopic (exact) mass is 169 g/mol. The molecule has 0 aromatic carbocycles. The van der Waals surface area contributed by atoms with Gasteiger partial charge in [-0.1, -0.05) is 12.2 Å². The Morgan fingerprint density at radius 1 is 1.55 bits per heavy atom. The standard InChI is InChI=1S/C10H17S/c1-11-9-5-3-2-4-6-10-7-8-10/h2,4,7,10H,3,5-6,8-9H2,1H3. The van der Waals surface area contributed by atoms with Gasteiger partial charge in [0.25, 0.3) is 0 Å². The first-order chi connectivity index (χ1) is 5.43. The van der Waals surface area contributed by atoms with E-state index in [9.17, 15) is 0 Å². The van der Waals surface area contributed by atoms with Gasteiger partial charge in [-0.2, -0.15) is 11.8 Å². The van der Waals surface area contributed by atoms with Gasteiger partial charge in [0.2, 0.25) is 0 Å². The third-order valence-corrected chi connectivity index (χ3v) is 2.59. The van der Waals surface area contributed by atoms with Gasteiger partial charge in [-0.15, -0.1) is 0 Å². The summed E-state index contributed by atoms with van der Waals surface area (Å²) in [5.41, 5.74) is 0. The molecule has 1 aliphatic rings. The zero-order chi connectivity index (χ0) is 7.94. The molecule has 0 nitrogen and oxygen atoms in total. The summed E-state index contributed by atoms with van der Waals surface area (Å²) in [5.74, 6) is 2.24. The first-order valence-electron chi connectivity index (χ1n) is 4.40. The van der Waals surface area contributed by atoms with Crippen LogP contribution in [0.2, 0.25) is 0 Å². The first kappa shape index (κ1) is 9.18. The van der Waals surface area contributed by atoms with Crippen LogP contribution in [0.3, 0.4) is 0 Å². The van der Waals surface area contributed by atoms with Gasteiger partial charge in [-0.05, 0) is 50.0 Å². The van der Waals surface area contributed by atoms with Crippen molar-refractivity contribution >= 4 is 11.8 Å². The summed E-state index contributed by atoms with van der Waals surface area (Å²) in [6, 6.07) is 0. The van der Waals surface area contributed by atoms with Crippen molar-refractivity contribution in [2.24, 2.45) is 5.92 Å². The third kappa shape index (κ3) is 5.37. The smallest absolute Gasteiger partial charge is 0.00674 e. The third-order valence-electron chi connectivity index (χ3n) is 1.89. The van der Waals surface area contributed by atoms with Gasteiger partial charge in [-0.25, -0.2) is 0 Å². The summed E-state index contributed by atoms with van der Waals surface area (Å²) in [6.45, 7) is 0. The largest absolute Gasteiger partial charge is 0.165 e. The number of hydrogen-bond acceptors (Lipinski definition) is 1. The van der Waals surface area contributed by atoms with Gasteiger partial charge in [0.15, 0.2) is 0 Å². The van der Waals surface area contributed by atoms with E-state index in [1.165, 1.54) is 31.4 Å². The van der Waals surface area contributed by atoms with Crippen LogP contribution >= 0.6 is 11.8 Å². The summed E-state index contributed by atoms with van der Waals surface area (Å²) in [5, 5.41) is 0. The number of rotatable bonds is 6. The Morgan fingerprint density at radius 2 is 2.36 bits per heavy atom. The molecule has 1 fully saturated rings. The zero-order valence-electron chi connectivity index (χ0n) is 7.25. The molecule has 63 valence electrons. The molecule has 1 unspecified atom stereocenters. The van der Waals surface area contributed by atoms with Crippen LogP contribution in [0.4, 0.5) is 0 Å². The molecular formula is C10H17S. The number of hydrogen-bond donors (Lipinski definition) is 0. The van der Waals surface area contributed by atoms with Crippen molar-refractivity contribution in [1.29, 1.82) is 0 Å². The van der Waals surface area contributed by atoms with Gasteiger partial charge in [0.05, 0.1) is 0 Å². The second-order valence-corrected chi connectivity index (χ2v) is 4.06. The molecule has 1 saturated carbocycles. The van der Waals surface area contributed by atoms with Crippen LogP contribution in [0.15, 0.2) is 12.2 Å². The second-order valence-electron chi connectivity index (χ2n) is 3.07. The maximum atomic E-state index is 2.38. The van der Waals surface area contributed by atoms with E-state index in [2.05, 4.69) is 24.8 Å². The van der Waals surface area contributed by atoms with Crippen molar-refractivity contribution in [2.75, 3.05) is 12.0 Å². The topological polar surface area (TPSA) is 0 Å². The molecule has 0 N–H and O–H groups in total. The molecule has 0 heterocycles. The van der Waals surface area contributed by atoms with Gasteiger partial charge in [0.1, 0.15) is 0 Å². The molecule has 1 radical (unpaired) electrons. The minimum Gasteiger partial charge on any atom is -0.165 e. The highest BCUT2D eigenvalue weighted by molar-refractivity contribution is 7.98. The normalized spacial score (nSPS) is 17.9. The average molecular weight is 169 g/mol. The Morgan fingerprint density at radius 3 is 3.00 bits per heavy atom. The minimum atomic E-state index is 0.937. The Balaban J connectivity index is 1.80. The predicted molar refractivity (Wildman–Crippen MR) is 53.8 cm³/mol. The lowest BCUT2D eigenvalue weighted by Gasteiger charge is -1.91. The van der Waals surface area contributed by atoms with Crippen molar-refractivity contribution in [3.63, 3.8) is 0 Å². The van der Waals surface area contributed by atoms with Crippen molar-refractivity contribution < 1.29 is 0 Å². The second kappa shape index (κ2) is 5.70. The van der Waals surface area contributed by atoms with Gasteiger partial charge in [0, 0.05) is 0 Å². The Bertz CT molecular complexity index is 114. The van der Waals surface area contributed by atoms with E-state index in [-0.39, 0.29) is 0 Å². The van der Waals surface area contributed by atoms with Gasteiger partial charge >= 0.3 is 0 Å². The highest BCUT2D eigenvalue weighted by Crippen LogP contribution is 2.31. The highest BCUT2D eigenvalue weighted by Gasteiger charge is 2.19. The van der Waals surface area contributed by atoms with E-state index in [1.54, 1.807) is 0 Å². The van der Waals surface area contributed by atoms with E-state index in [4.69, 9.17) is 0 Å². The van der Waals surface area contributed by atoms with Crippen molar-refractivity contribution in [3.05, 3.63) is 18.6 Å². The Labute approximate surface area is 74.5 Å². The maximum Gasteiger partial charge on any atom is -0.00674 e.